The van der Waals surface area contributed by atoms with Gasteiger partial charge in [-0.3, -0.25) is 9.78 Å². The second kappa shape index (κ2) is 8.24. The first-order valence-electron chi connectivity index (χ1n) is 8.80. The van der Waals surface area contributed by atoms with Gasteiger partial charge >= 0.3 is 0 Å². The van der Waals surface area contributed by atoms with Crippen LogP contribution >= 0.6 is 11.6 Å². The van der Waals surface area contributed by atoms with Crippen LogP contribution < -0.4 is 10.1 Å². The van der Waals surface area contributed by atoms with Crippen LogP contribution in [0.3, 0.4) is 0 Å². The Kier molecular flexibility index (Phi) is 5.35. The maximum atomic E-state index is 13.4. The first-order valence-corrected chi connectivity index (χ1v) is 9.18. The highest BCUT2D eigenvalue weighted by Crippen LogP contribution is 2.25. The van der Waals surface area contributed by atoms with E-state index in [0.29, 0.717) is 27.4 Å². The number of hydrogen-bond donors (Lipinski definition) is 1. The van der Waals surface area contributed by atoms with E-state index in [2.05, 4.69) is 15.3 Å². The van der Waals surface area contributed by atoms with E-state index in [1.165, 1.54) is 12.1 Å². The number of halogens is 2. The molecule has 29 heavy (non-hydrogen) atoms. The Morgan fingerprint density at radius 2 is 1.86 bits per heavy atom. The van der Waals surface area contributed by atoms with Crippen molar-refractivity contribution in [2.45, 2.75) is 6.54 Å². The molecule has 0 saturated heterocycles. The maximum Gasteiger partial charge on any atom is 0.253 e. The highest BCUT2D eigenvalue weighted by atomic mass is 35.5. The van der Waals surface area contributed by atoms with Gasteiger partial charge in [-0.05, 0) is 36.4 Å². The Hall–Kier alpha value is -3.51. The smallest absolute Gasteiger partial charge is 0.253 e. The van der Waals surface area contributed by atoms with Crippen molar-refractivity contribution < 1.29 is 13.9 Å². The number of ether oxygens (including phenoxy) is 1. The average Bonchev–Trinajstić information content (AvgIpc) is 2.72. The van der Waals surface area contributed by atoms with Crippen LogP contribution in [0, 0.1) is 5.82 Å². The summed E-state index contributed by atoms with van der Waals surface area (Å²) < 4.78 is 19.1. The molecular weight excluding hydrogens is 393 g/mol. The van der Waals surface area contributed by atoms with Gasteiger partial charge in [-0.2, -0.15) is 0 Å². The quantitative estimate of drug-likeness (QED) is 0.497. The lowest BCUT2D eigenvalue weighted by Gasteiger charge is -2.12. The summed E-state index contributed by atoms with van der Waals surface area (Å²) in [6.07, 6.45) is 3.19. The minimum atomic E-state index is -0.409. The fraction of sp³-hybridized carbons (Fsp3) is 0.0455. The van der Waals surface area contributed by atoms with Crippen LogP contribution in [0.4, 0.5) is 4.39 Å². The molecule has 0 aliphatic heterocycles. The lowest BCUT2D eigenvalue weighted by atomic mass is 10.1. The van der Waals surface area contributed by atoms with Crippen LogP contribution in [-0.2, 0) is 6.54 Å². The first-order chi connectivity index (χ1) is 14.1. The Bertz CT molecular complexity index is 1200. The van der Waals surface area contributed by atoms with Crippen molar-refractivity contribution in [3.8, 4) is 11.6 Å². The molecule has 0 aliphatic carbocycles. The summed E-state index contributed by atoms with van der Waals surface area (Å²) in [5.74, 6) is -0.126. The Labute approximate surface area is 171 Å². The van der Waals surface area contributed by atoms with E-state index in [-0.39, 0.29) is 18.3 Å². The van der Waals surface area contributed by atoms with Crippen molar-refractivity contribution in [2.75, 3.05) is 0 Å². The van der Waals surface area contributed by atoms with Crippen molar-refractivity contribution in [3.63, 3.8) is 0 Å². The summed E-state index contributed by atoms with van der Waals surface area (Å²) in [6, 6.07) is 16.2. The zero-order valence-corrected chi connectivity index (χ0v) is 15.9. The number of hydrogen-bond acceptors (Lipinski definition) is 4. The van der Waals surface area contributed by atoms with Crippen LogP contribution in [0.2, 0.25) is 5.02 Å². The molecule has 5 nitrogen and oxygen atoms in total. The van der Waals surface area contributed by atoms with E-state index in [9.17, 15) is 9.18 Å². The topological polar surface area (TPSA) is 64.1 Å². The number of rotatable bonds is 5. The van der Waals surface area contributed by atoms with Crippen molar-refractivity contribution in [1.82, 2.24) is 15.3 Å². The van der Waals surface area contributed by atoms with Gasteiger partial charge in [0.25, 0.3) is 5.91 Å². The van der Waals surface area contributed by atoms with E-state index < -0.39 is 5.82 Å². The number of pyridine rings is 2. The van der Waals surface area contributed by atoms with Gasteiger partial charge in [-0.1, -0.05) is 29.8 Å². The summed E-state index contributed by atoms with van der Waals surface area (Å²) in [7, 11) is 0. The fourth-order valence-corrected chi connectivity index (χ4v) is 3.12. The molecule has 0 atom stereocenters. The largest absolute Gasteiger partial charge is 0.439 e. The van der Waals surface area contributed by atoms with Gasteiger partial charge in [0, 0.05) is 41.0 Å². The van der Waals surface area contributed by atoms with Crippen molar-refractivity contribution >= 4 is 28.4 Å². The standard InChI is InChI=1S/C22H15ClFN3O2/c23-16-10-14-4-2-8-25-20(14)19(11-16)21(28)27-13-15-5-3-9-26-22(15)29-18-7-1-6-17(24)12-18/h1-12H,13H2,(H,27,28). The molecule has 1 N–H and O–H groups in total. The molecule has 0 spiro atoms. The number of nitrogens with one attached hydrogen (secondary N) is 1. The van der Waals surface area contributed by atoms with E-state index in [4.69, 9.17) is 16.3 Å². The third kappa shape index (κ3) is 4.33. The fourth-order valence-electron chi connectivity index (χ4n) is 2.89. The molecule has 0 fully saturated rings. The molecule has 0 bridgehead atoms. The molecule has 2 aromatic carbocycles. The normalized spacial score (nSPS) is 10.7. The highest BCUT2D eigenvalue weighted by molar-refractivity contribution is 6.32. The predicted octanol–water partition coefficient (Wildman–Crippen LogP) is 5.14. The molecular formula is C22H15ClFN3O2. The number of amides is 1. The third-order valence-corrected chi connectivity index (χ3v) is 4.43. The van der Waals surface area contributed by atoms with E-state index in [1.807, 2.05) is 6.07 Å². The number of fused-ring (bicyclic) bond motifs is 1. The summed E-state index contributed by atoms with van der Waals surface area (Å²) in [5.41, 5.74) is 1.59. The highest BCUT2D eigenvalue weighted by Gasteiger charge is 2.14. The summed E-state index contributed by atoms with van der Waals surface area (Å²) >= 11 is 6.14. The van der Waals surface area contributed by atoms with Crippen LogP contribution in [-0.4, -0.2) is 15.9 Å². The van der Waals surface area contributed by atoms with Gasteiger partial charge in [0.2, 0.25) is 5.88 Å². The average molecular weight is 408 g/mol. The third-order valence-electron chi connectivity index (χ3n) is 4.21. The lowest BCUT2D eigenvalue weighted by Crippen LogP contribution is -2.23. The molecule has 1 amide bonds. The Morgan fingerprint density at radius 1 is 1.03 bits per heavy atom. The van der Waals surface area contributed by atoms with Crippen LogP contribution in [0.15, 0.2) is 73.1 Å². The molecule has 0 aliphatic rings. The van der Waals surface area contributed by atoms with Gasteiger partial charge in [0.05, 0.1) is 11.1 Å². The number of benzene rings is 2. The molecule has 2 heterocycles. The molecule has 2 aromatic heterocycles. The molecule has 4 aromatic rings. The van der Waals surface area contributed by atoms with Crippen LogP contribution in [0.1, 0.15) is 15.9 Å². The molecule has 0 saturated carbocycles. The molecule has 0 radical (unpaired) electrons. The van der Waals surface area contributed by atoms with Crippen LogP contribution in [0.5, 0.6) is 11.6 Å². The van der Waals surface area contributed by atoms with Crippen LogP contribution in [0.25, 0.3) is 10.9 Å². The maximum absolute atomic E-state index is 13.4. The van der Waals surface area contributed by atoms with Gasteiger partial charge in [-0.15, -0.1) is 0 Å². The second-order valence-corrected chi connectivity index (χ2v) is 6.67. The minimum Gasteiger partial charge on any atom is -0.439 e. The molecule has 144 valence electrons. The zero-order valence-electron chi connectivity index (χ0n) is 15.1. The van der Waals surface area contributed by atoms with Crippen molar-refractivity contribution in [2.24, 2.45) is 0 Å². The summed E-state index contributed by atoms with van der Waals surface area (Å²) in [5, 5.41) is 4.07. The van der Waals surface area contributed by atoms with Gasteiger partial charge in [-0.25, -0.2) is 9.37 Å². The lowest BCUT2D eigenvalue weighted by molar-refractivity contribution is 0.0952. The summed E-state index contributed by atoms with van der Waals surface area (Å²) in [6.45, 7) is 0.165. The van der Waals surface area contributed by atoms with Crippen molar-refractivity contribution in [3.05, 3.63) is 95.0 Å². The zero-order chi connectivity index (χ0) is 20.2. The number of aromatic nitrogens is 2. The van der Waals surface area contributed by atoms with E-state index in [0.717, 1.165) is 5.39 Å². The minimum absolute atomic E-state index is 0.165. The number of carbonyl (C=O) groups excluding carboxylic acids is 1. The second-order valence-electron chi connectivity index (χ2n) is 6.24. The molecule has 0 unspecified atom stereocenters. The number of nitrogens with zero attached hydrogens (tertiary/aromatic N) is 2. The first kappa shape index (κ1) is 18.8. The molecule has 7 heteroatoms. The monoisotopic (exact) mass is 407 g/mol. The summed E-state index contributed by atoms with van der Waals surface area (Å²) in [4.78, 5) is 21.3. The number of carbonyl (C=O) groups is 1. The van der Waals surface area contributed by atoms with E-state index >= 15 is 0 Å². The van der Waals surface area contributed by atoms with Gasteiger partial charge < -0.3 is 10.1 Å². The van der Waals surface area contributed by atoms with Gasteiger partial charge in [0.15, 0.2) is 0 Å². The SMILES string of the molecule is O=C(NCc1cccnc1Oc1cccc(F)c1)c1cc(Cl)cc2cccnc12. The van der Waals surface area contributed by atoms with Gasteiger partial charge in [0.1, 0.15) is 11.6 Å². The van der Waals surface area contributed by atoms with Crippen molar-refractivity contribution in [1.29, 1.82) is 0 Å². The predicted molar refractivity (Wildman–Crippen MR) is 109 cm³/mol. The Morgan fingerprint density at radius 3 is 2.72 bits per heavy atom. The molecule has 4 rings (SSSR count). The Balaban J connectivity index is 1.55. The van der Waals surface area contributed by atoms with E-state index in [1.54, 1.807) is 54.9 Å².